The van der Waals surface area contributed by atoms with Crippen molar-refractivity contribution in [1.29, 1.82) is 0 Å². The van der Waals surface area contributed by atoms with Gasteiger partial charge < -0.3 is 10.4 Å². The zero-order chi connectivity index (χ0) is 13.1. The van der Waals surface area contributed by atoms with Crippen LogP contribution in [0.1, 0.15) is 29.6 Å². The molecule has 0 unspecified atom stereocenters. The van der Waals surface area contributed by atoms with Crippen LogP contribution in [0.2, 0.25) is 0 Å². The number of amides is 1. The first kappa shape index (κ1) is 12.5. The largest absolute Gasteiger partial charge is 0.480 e. The number of hydrogen-bond acceptors (Lipinski definition) is 2. The minimum Gasteiger partial charge on any atom is -0.480 e. The van der Waals surface area contributed by atoms with Crippen LogP contribution in [0.4, 0.5) is 4.39 Å². The number of hydrogen-bond donors (Lipinski definition) is 2. The second kappa shape index (κ2) is 5.16. The standard InChI is InChI=1S/C13H14FNO3/c14-10-4-2-1-3-9(10)12(16)15-11(13(17)18)7-8-5-6-8/h1-4,8,11H,5-7H2,(H,15,16)(H,17,18)/t11-/m1/s1. The van der Waals surface area contributed by atoms with Gasteiger partial charge in [-0.2, -0.15) is 0 Å². The molecule has 4 nitrogen and oxygen atoms in total. The molecular formula is C13H14FNO3. The van der Waals surface area contributed by atoms with Crippen molar-refractivity contribution in [1.82, 2.24) is 5.32 Å². The second-order valence-corrected chi connectivity index (χ2v) is 4.52. The molecule has 0 spiro atoms. The van der Waals surface area contributed by atoms with E-state index in [2.05, 4.69) is 5.32 Å². The zero-order valence-corrected chi connectivity index (χ0v) is 9.73. The molecule has 1 saturated carbocycles. The second-order valence-electron chi connectivity index (χ2n) is 4.52. The summed E-state index contributed by atoms with van der Waals surface area (Å²) in [5, 5.41) is 11.4. The Morgan fingerprint density at radius 3 is 2.61 bits per heavy atom. The van der Waals surface area contributed by atoms with Gasteiger partial charge in [0, 0.05) is 0 Å². The lowest BCUT2D eigenvalue weighted by Crippen LogP contribution is -2.41. The topological polar surface area (TPSA) is 66.4 Å². The lowest BCUT2D eigenvalue weighted by atomic mass is 10.1. The summed E-state index contributed by atoms with van der Waals surface area (Å²) in [6, 6.07) is 4.58. The third kappa shape index (κ3) is 3.06. The molecule has 2 N–H and O–H groups in total. The monoisotopic (exact) mass is 251 g/mol. The number of nitrogens with one attached hydrogen (secondary N) is 1. The van der Waals surface area contributed by atoms with E-state index in [0.717, 1.165) is 12.8 Å². The molecule has 1 amide bonds. The normalized spacial score (nSPS) is 16.1. The number of carboxylic acid groups (broad SMARTS) is 1. The Kier molecular flexibility index (Phi) is 3.60. The summed E-state index contributed by atoms with van der Waals surface area (Å²) in [6.45, 7) is 0. The van der Waals surface area contributed by atoms with Gasteiger partial charge in [0.25, 0.3) is 5.91 Å². The zero-order valence-electron chi connectivity index (χ0n) is 9.73. The number of rotatable bonds is 5. The Bertz CT molecular complexity index is 471. The van der Waals surface area contributed by atoms with Crippen LogP contribution in [0, 0.1) is 11.7 Å². The van der Waals surface area contributed by atoms with Crippen LogP contribution in [0.3, 0.4) is 0 Å². The summed E-state index contributed by atoms with van der Waals surface area (Å²) in [5.41, 5.74) is -0.125. The number of aliphatic carboxylic acids is 1. The molecule has 0 heterocycles. The summed E-state index contributed by atoms with van der Waals surface area (Å²) in [5.74, 6) is -2.04. The Labute approximate surface area is 104 Å². The fraction of sp³-hybridized carbons (Fsp3) is 0.385. The van der Waals surface area contributed by atoms with Gasteiger partial charge in [-0.25, -0.2) is 9.18 Å². The van der Waals surface area contributed by atoms with Gasteiger partial charge in [-0.05, 0) is 24.5 Å². The molecule has 5 heteroatoms. The molecule has 0 bridgehead atoms. The predicted octanol–water partition coefficient (Wildman–Crippen LogP) is 1.81. The number of carbonyl (C=O) groups is 2. The van der Waals surface area contributed by atoms with Crippen molar-refractivity contribution in [3.05, 3.63) is 35.6 Å². The maximum Gasteiger partial charge on any atom is 0.326 e. The molecule has 1 aliphatic rings. The van der Waals surface area contributed by atoms with Crippen molar-refractivity contribution in [2.45, 2.75) is 25.3 Å². The predicted molar refractivity (Wildman–Crippen MR) is 62.6 cm³/mol. The van der Waals surface area contributed by atoms with Gasteiger partial charge in [0.15, 0.2) is 0 Å². The van der Waals surface area contributed by atoms with Gasteiger partial charge in [-0.3, -0.25) is 4.79 Å². The highest BCUT2D eigenvalue weighted by Gasteiger charge is 2.30. The average molecular weight is 251 g/mol. The number of benzene rings is 1. The van der Waals surface area contributed by atoms with E-state index in [4.69, 9.17) is 5.11 Å². The van der Waals surface area contributed by atoms with Crippen molar-refractivity contribution < 1.29 is 19.1 Å². The van der Waals surface area contributed by atoms with Crippen molar-refractivity contribution in [3.8, 4) is 0 Å². The number of halogens is 1. The van der Waals surface area contributed by atoms with Crippen molar-refractivity contribution in [2.75, 3.05) is 0 Å². The molecule has 1 atom stereocenters. The average Bonchev–Trinajstić information content (AvgIpc) is 3.12. The van der Waals surface area contributed by atoms with E-state index in [9.17, 15) is 14.0 Å². The smallest absolute Gasteiger partial charge is 0.326 e. The first-order valence-electron chi connectivity index (χ1n) is 5.86. The number of carbonyl (C=O) groups excluding carboxylic acids is 1. The summed E-state index contributed by atoms with van der Waals surface area (Å²) in [6.07, 6.45) is 2.41. The highest BCUT2D eigenvalue weighted by atomic mass is 19.1. The van der Waals surface area contributed by atoms with Crippen LogP contribution >= 0.6 is 0 Å². The summed E-state index contributed by atoms with van der Waals surface area (Å²) in [4.78, 5) is 22.8. The van der Waals surface area contributed by atoms with E-state index in [-0.39, 0.29) is 5.56 Å². The summed E-state index contributed by atoms with van der Waals surface area (Å²) < 4.78 is 13.4. The summed E-state index contributed by atoms with van der Waals surface area (Å²) >= 11 is 0. The quantitative estimate of drug-likeness (QED) is 0.838. The van der Waals surface area contributed by atoms with E-state index in [0.29, 0.717) is 12.3 Å². The molecule has 0 saturated heterocycles. The fourth-order valence-corrected chi connectivity index (χ4v) is 1.79. The van der Waals surface area contributed by atoms with Crippen molar-refractivity contribution in [2.24, 2.45) is 5.92 Å². The Morgan fingerprint density at radius 2 is 2.06 bits per heavy atom. The molecular weight excluding hydrogens is 237 g/mol. The van der Waals surface area contributed by atoms with E-state index >= 15 is 0 Å². The molecule has 1 aromatic rings. The minimum absolute atomic E-state index is 0.125. The Balaban J connectivity index is 2.04. The molecule has 96 valence electrons. The molecule has 18 heavy (non-hydrogen) atoms. The first-order valence-corrected chi connectivity index (χ1v) is 5.86. The highest BCUT2D eigenvalue weighted by Crippen LogP contribution is 2.33. The van der Waals surface area contributed by atoms with Gasteiger partial charge in [0.2, 0.25) is 0 Å². The van der Waals surface area contributed by atoms with E-state index < -0.39 is 23.7 Å². The molecule has 0 aliphatic heterocycles. The molecule has 0 radical (unpaired) electrons. The molecule has 1 fully saturated rings. The van der Waals surface area contributed by atoms with E-state index in [1.54, 1.807) is 0 Å². The molecule has 2 rings (SSSR count). The lowest BCUT2D eigenvalue weighted by Gasteiger charge is -2.14. The SMILES string of the molecule is O=C(N[C@H](CC1CC1)C(=O)O)c1ccccc1F. The third-order valence-corrected chi connectivity index (χ3v) is 2.99. The third-order valence-electron chi connectivity index (χ3n) is 2.99. The molecule has 1 aromatic carbocycles. The van der Waals surface area contributed by atoms with E-state index in [1.807, 2.05) is 0 Å². The van der Waals surface area contributed by atoms with Gasteiger partial charge in [-0.1, -0.05) is 25.0 Å². The van der Waals surface area contributed by atoms with Crippen LogP contribution in [0.5, 0.6) is 0 Å². The van der Waals surface area contributed by atoms with Crippen LogP contribution in [-0.4, -0.2) is 23.0 Å². The maximum absolute atomic E-state index is 13.4. The van der Waals surface area contributed by atoms with E-state index in [1.165, 1.54) is 24.3 Å². The van der Waals surface area contributed by atoms with Crippen LogP contribution in [0.15, 0.2) is 24.3 Å². The Hall–Kier alpha value is -1.91. The van der Waals surface area contributed by atoms with Crippen LogP contribution < -0.4 is 5.32 Å². The van der Waals surface area contributed by atoms with Gasteiger partial charge in [-0.15, -0.1) is 0 Å². The fourth-order valence-electron chi connectivity index (χ4n) is 1.79. The van der Waals surface area contributed by atoms with Crippen LogP contribution in [0.25, 0.3) is 0 Å². The van der Waals surface area contributed by atoms with Crippen molar-refractivity contribution in [3.63, 3.8) is 0 Å². The first-order chi connectivity index (χ1) is 8.58. The van der Waals surface area contributed by atoms with Crippen molar-refractivity contribution >= 4 is 11.9 Å². The maximum atomic E-state index is 13.4. The van der Waals surface area contributed by atoms with Crippen LogP contribution in [-0.2, 0) is 4.79 Å². The number of carboxylic acids is 1. The summed E-state index contributed by atoms with van der Waals surface area (Å²) in [7, 11) is 0. The van der Waals surface area contributed by atoms with Gasteiger partial charge in [0.05, 0.1) is 5.56 Å². The highest BCUT2D eigenvalue weighted by molar-refractivity contribution is 5.96. The molecule has 1 aliphatic carbocycles. The van der Waals surface area contributed by atoms with Gasteiger partial charge in [0.1, 0.15) is 11.9 Å². The minimum atomic E-state index is -1.08. The lowest BCUT2D eigenvalue weighted by molar-refractivity contribution is -0.139. The van der Waals surface area contributed by atoms with Gasteiger partial charge >= 0.3 is 5.97 Å². The molecule has 0 aromatic heterocycles. The Morgan fingerprint density at radius 1 is 1.39 bits per heavy atom.